The first-order valence-corrected chi connectivity index (χ1v) is 5.73. The molecule has 2 rings (SSSR count). The lowest BCUT2D eigenvalue weighted by atomic mass is 10.1. The quantitative estimate of drug-likeness (QED) is 0.497. The van der Waals surface area contributed by atoms with Gasteiger partial charge in [-0.2, -0.15) is 0 Å². The Morgan fingerprint density at radius 2 is 2.05 bits per heavy atom. The fourth-order valence-electron chi connectivity index (χ4n) is 1.77. The number of nitrogens with zero attached hydrogens (tertiary/aromatic N) is 1. The summed E-state index contributed by atoms with van der Waals surface area (Å²) in [5, 5.41) is 21.2. The van der Waals surface area contributed by atoms with E-state index in [4.69, 9.17) is 5.41 Å². The van der Waals surface area contributed by atoms with Gasteiger partial charge in [-0.15, -0.1) is 0 Å². The number of nitrogens with one attached hydrogen (secondary N) is 2. The molecule has 5 heteroatoms. The van der Waals surface area contributed by atoms with Crippen LogP contribution in [0.2, 0.25) is 0 Å². The fourth-order valence-corrected chi connectivity index (χ4v) is 1.77. The zero-order valence-electron chi connectivity index (χ0n) is 10.4. The second kappa shape index (κ2) is 5.30. The minimum absolute atomic E-state index is 0.000697. The summed E-state index contributed by atoms with van der Waals surface area (Å²) in [7, 11) is 0. The second-order valence-corrected chi connectivity index (χ2v) is 4.17. The molecule has 0 aliphatic heterocycles. The first kappa shape index (κ1) is 12.8. The topological polar surface area (TPSA) is 79.0 Å². The summed E-state index contributed by atoms with van der Waals surface area (Å²) in [4.78, 5) is 10.3. The number of aryl methyl sites for hydroxylation is 1. The van der Waals surface area contributed by atoms with Crippen LogP contribution in [-0.2, 0) is 0 Å². The predicted molar refractivity (Wildman–Crippen MR) is 75.4 cm³/mol. The Morgan fingerprint density at radius 3 is 2.68 bits per heavy atom. The molecule has 5 nitrogen and oxygen atoms in total. The van der Waals surface area contributed by atoms with Crippen LogP contribution < -0.4 is 5.32 Å². The van der Waals surface area contributed by atoms with E-state index in [1.165, 1.54) is 18.3 Å². The highest BCUT2D eigenvalue weighted by Crippen LogP contribution is 2.25. The van der Waals surface area contributed by atoms with Crippen molar-refractivity contribution < 1.29 is 4.92 Å². The Labute approximate surface area is 110 Å². The van der Waals surface area contributed by atoms with E-state index in [1.807, 2.05) is 31.2 Å². The van der Waals surface area contributed by atoms with Crippen LogP contribution in [0, 0.1) is 22.4 Å². The van der Waals surface area contributed by atoms with Crippen LogP contribution in [0.25, 0.3) is 0 Å². The van der Waals surface area contributed by atoms with Gasteiger partial charge in [0.2, 0.25) is 0 Å². The molecule has 2 N–H and O–H groups in total. The SMILES string of the molecule is Cc1cccc(Nc2cc([N+](=O)[O-])ccc2C=N)c1. The van der Waals surface area contributed by atoms with Gasteiger partial charge in [0.15, 0.2) is 0 Å². The maximum atomic E-state index is 10.8. The monoisotopic (exact) mass is 255 g/mol. The molecule has 0 atom stereocenters. The van der Waals surface area contributed by atoms with Crippen molar-refractivity contribution in [3.63, 3.8) is 0 Å². The van der Waals surface area contributed by atoms with E-state index < -0.39 is 4.92 Å². The molecule has 96 valence electrons. The molecule has 2 aromatic rings. The summed E-state index contributed by atoms with van der Waals surface area (Å²) < 4.78 is 0. The third kappa shape index (κ3) is 2.95. The number of anilines is 2. The van der Waals surface area contributed by atoms with Crippen molar-refractivity contribution in [2.75, 3.05) is 5.32 Å². The average molecular weight is 255 g/mol. The summed E-state index contributed by atoms with van der Waals surface area (Å²) >= 11 is 0. The summed E-state index contributed by atoms with van der Waals surface area (Å²) in [6, 6.07) is 12.1. The van der Waals surface area contributed by atoms with Gasteiger partial charge in [-0.05, 0) is 30.7 Å². The zero-order valence-corrected chi connectivity index (χ0v) is 10.4. The second-order valence-electron chi connectivity index (χ2n) is 4.17. The Balaban J connectivity index is 2.40. The van der Waals surface area contributed by atoms with Gasteiger partial charge in [-0.1, -0.05) is 12.1 Å². The molecule has 0 fully saturated rings. The average Bonchev–Trinajstić information content (AvgIpc) is 2.38. The molecule has 0 unspecified atom stereocenters. The van der Waals surface area contributed by atoms with E-state index in [0.717, 1.165) is 11.3 Å². The number of nitro benzene ring substituents is 1. The number of benzene rings is 2. The molecule has 0 amide bonds. The van der Waals surface area contributed by atoms with Crippen molar-refractivity contribution in [1.82, 2.24) is 0 Å². The molecular weight excluding hydrogens is 242 g/mol. The first-order chi connectivity index (χ1) is 9.10. The van der Waals surface area contributed by atoms with E-state index >= 15 is 0 Å². The molecule has 0 heterocycles. The molecular formula is C14H13N3O2. The number of rotatable bonds is 4. The smallest absolute Gasteiger partial charge is 0.271 e. The lowest BCUT2D eigenvalue weighted by Crippen LogP contribution is -1.97. The van der Waals surface area contributed by atoms with Crippen molar-refractivity contribution in [3.8, 4) is 0 Å². The van der Waals surface area contributed by atoms with Crippen LogP contribution in [0.3, 0.4) is 0 Å². The Hall–Kier alpha value is -2.69. The molecule has 0 aliphatic carbocycles. The van der Waals surface area contributed by atoms with Gasteiger partial charge < -0.3 is 10.7 Å². The van der Waals surface area contributed by atoms with Gasteiger partial charge in [-0.3, -0.25) is 10.1 Å². The van der Waals surface area contributed by atoms with Gasteiger partial charge in [0, 0.05) is 29.6 Å². The summed E-state index contributed by atoms with van der Waals surface area (Å²) in [5.41, 5.74) is 3.08. The third-order valence-electron chi connectivity index (χ3n) is 2.70. The Bertz CT molecular complexity index is 638. The molecule has 0 aromatic heterocycles. The Morgan fingerprint density at radius 1 is 1.26 bits per heavy atom. The highest BCUT2D eigenvalue weighted by molar-refractivity contribution is 5.88. The highest BCUT2D eigenvalue weighted by Gasteiger charge is 2.09. The van der Waals surface area contributed by atoms with Gasteiger partial charge in [0.25, 0.3) is 5.69 Å². The lowest BCUT2D eigenvalue weighted by Gasteiger charge is -2.09. The van der Waals surface area contributed by atoms with Crippen LogP contribution in [0.5, 0.6) is 0 Å². The fraction of sp³-hybridized carbons (Fsp3) is 0.0714. The van der Waals surface area contributed by atoms with E-state index in [9.17, 15) is 10.1 Å². The van der Waals surface area contributed by atoms with Crippen molar-refractivity contribution >= 4 is 23.3 Å². The molecule has 0 saturated heterocycles. The molecule has 2 aromatic carbocycles. The van der Waals surface area contributed by atoms with Crippen molar-refractivity contribution in [2.24, 2.45) is 0 Å². The van der Waals surface area contributed by atoms with Crippen LogP contribution in [-0.4, -0.2) is 11.1 Å². The summed E-state index contributed by atoms with van der Waals surface area (Å²) in [6.45, 7) is 1.97. The number of non-ortho nitro benzene ring substituents is 1. The van der Waals surface area contributed by atoms with E-state index in [1.54, 1.807) is 6.07 Å². The van der Waals surface area contributed by atoms with Crippen molar-refractivity contribution in [2.45, 2.75) is 6.92 Å². The normalized spacial score (nSPS) is 9.95. The van der Waals surface area contributed by atoms with Crippen LogP contribution in [0.4, 0.5) is 17.1 Å². The van der Waals surface area contributed by atoms with E-state index in [2.05, 4.69) is 5.32 Å². The molecule has 0 bridgehead atoms. The summed E-state index contributed by atoms with van der Waals surface area (Å²) in [5.74, 6) is 0. The maximum Gasteiger partial charge on any atom is 0.271 e. The molecule has 0 saturated carbocycles. The molecule has 19 heavy (non-hydrogen) atoms. The third-order valence-corrected chi connectivity index (χ3v) is 2.70. The van der Waals surface area contributed by atoms with Crippen molar-refractivity contribution in [3.05, 3.63) is 63.7 Å². The van der Waals surface area contributed by atoms with Crippen molar-refractivity contribution in [1.29, 1.82) is 5.41 Å². The maximum absolute atomic E-state index is 10.8. The van der Waals surface area contributed by atoms with Crippen LogP contribution in [0.15, 0.2) is 42.5 Å². The van der Waals surface area contributed by atoms with E-state index in [0.29, 0.717) is 11.3 Å². The standard InChI is InChI=1S/C14H13N3O2/c1-10-3-2-4-12(7-10)16-14-8-13(17(18)19)6-5-11(14)9-15/h2-9,15-16H,1H3. The van der Waals surface area contributed by atoms with Crippen LogP contribution in [0.1, 0.15) is 11.1 Å². The molecule has 0 aliphatic rings. The highest BCUT2D eigenvalue weighted by atomic mass is 16.6. The van der Waals surface area contributed by atoms with Gasteiger partial charge in [0.1, 0.15) is 0 Å². The summed E-state index contributed by atoms with van der Waals surface area (Å²) in [6.07, 6.45) is 1.17. The van der Waals surface area contributed by atoms with Gasteiger partial charge in [-0.25, -0.2) is 0 Å². The van der Waals surface area contributed by atoms with Gasteiger partial charge in [0.05, 0.1) is 10.6 Å². The number of nitro groups is 1. The number of hydrogen-bond acceptors (Lipinski definition) is 4. The van der Waals surface area contributed by atoms with Gasteiger partial charge >= 0.3 is 0 Å². The van der Waals surface area contributed by atoms with Crippen LogP contribution >= 0.6 is 0 Å². The zero-order chi connectivity index (χ0) is 13.8. The Kier molecular flexibility index (Phi) is 3.56. The lowest BCUT2D eigenvalue weighted by molar-refractivity contribution is -0.384. The molecule has 0 radical (unpaired) electrons. The molecule has 0 spiro atoms. The van der Waals surface area contributed by atoms with E-state index in [-0.39, 0.29) is 5.69 Å². The minimum atomic E-state index is -0.449. The predicted octanol–water partition coefficient (Wildman–Crippen LogP) is 3.64. The largest absolute Gasteiger partial charge is 0.355 e. The first-order valence-electron chi connectivity index (χ1n) is 5.73. The number of hydrogen-bond donors (Lipinski definition) is 2. The minimum Gasteiger partial charge on any atom is -0.355 e.